The fourth-order valence-corrected chi connectivity index (χ4v) is 3.39. The van der Waals surface area contributed by atoms with Crippen LogP contribution in [-0.4, -0.2) is 41.0 Å². The van der Waals surface area contributed by atoms with Crippen LogP contribution in [0, 0.1) is 0 Å². The molecule has 1 aliphatic rings. The second-order valence-electron chi connectivity index (χ2n) is 6.72. The second kappa shape index (κ2) is 8.46. The molecule has 0 radical (unpaired) electrons. The maximum Gasteiger partial charge on any atom is 0.222 e. The first-order chi connectivity index (χ1) is 13.7. The SMILES string of the molecule is Nc1ncc(Oc2ccc(Cl)cc2)c(N2CCN(Cc3ccccc3)CC2)n1. The molecule has 2 heterocycles. The van der Waals surface area contributed by atoms with Gasteiger partial charge < -0.3 is 15.4 Å². The normalized spacial score (nSPS) is 14.8. The van der Waals surface area contributed by atoms with Crippen molar-refractivity contribution in [3.05, 3.63) is 71.4 Å². The van der Waals surface area contributed by atoms with Gasteiger partial charge in [0.2, 0.25) is 5.95 Å². The van der Waals surface area contributed by atoms with E-state index in [0.29, 0.717) is 16.5 Å². The largest absolute Gasteiger partial charge is 0.452 e. The van der Waals surface area contributed by atoms with Gasteiger partial charge >= 0.3 is 0 Å². The van der Waals surface area contributed by atoms with Gasteiger partial charge in [-0.2, -0.15) is 4.98 Å². The molecule has 0 amide bonds. The first-order valence-electron chi connectivity index (χ1n) is 9.24. The molecule has 0 bridgehead atoms. The van der Waals surface area contributed by atoms with Crippen molar-refractivity contribution < 1.29 is 4.74 Å². The van der Waals surface area contributed by atoms with Gasteiger partial charge in [0, 0.05) is 37.7 Å². The Bertz CT molecular complexity index is 912. The molecular formula is C21H22ClN5O. The fraction of sp³-hybridized carbons (Fsp3) is 0.238. The average molecular weight is 396 g/mol. The molecule has 0 aliphatic carbocycles. The first kappa shape index (κ1) is 18.5. The summed E-state index contributed by atoms with van der Waals surface area (Å²) in [6.07, 6.45) is 1.63. The molecule has 28 heavy (non-hydrogen) atoms. The zero-order chi connectivity index (χ0) is 19.3. The third kappa shape index (κ3) is 4.52. The van der Waals surface area contributed by atoms with E-state index in [1.807, 2.05) is 18.2 Å². The lowest BCUT2D eigenvalue weighted by Crippen LogP contribution is -2.46. The quantitative estimate of drug-likeness (QED) is 0.708. The van der Waals surface area contributed by atoms with E-state index in [0.717, 1.165) is 38.5 Å². The van der Waals surface area contributed by atoms with E-state index in [-0.39, 0.29) is 5.95 Å². The Hall–Kier alpha value is -2.83. The number of anilines is 2. The lowest BCUT2D eigenvalue weighted by molar-refractivity contribution is 0.248. The summed E-state index contributed by atoms with van der Waals surface area (Å²) in [5.74, 6) is 2.24. The highest BCUT2D eigenvalue weighted by Gasteiger charge is 2.22. The summed E-state index contributed by atoms with van der Waals surface area (Å²) >= 11 is 5.95. The van der Waals surface area contributed by atoms with E-state index in [4.69, 9.17) is 22.1 Å². The predicted molar refractivity (Wildman–Crippen MR) is 112 cm³/mol. The zero-order valence-electron chi connectivity index (χ0n) is 15.5. The van der Waals surface area contributed by atoms with Crippen molar-refractivity contribution in [2.24, 2.45) is 0 Å². The molecule has 0 atom stereocenters. The van der Waals surface area contributed by atoms with Crippen LogP contribution in [0.15, 0.2) is 60.8 Å². The molecule has 3 aromatic rings. The highest BCUT2D eigenvalue weighted by atomic mass is 35.5. The molecule has 144 valence electrons. The van der Waals surface area contributed by atoms with Crippen LogP contribution in [0.3, 0.4) is 0 Å². The Kier molecular flexibility index (Phi) is 5.60. The van der Waals surface area contributed by atoms with Crippen LogP contribution >= 0.6 is 11.6 Å². The summed E-state index contributed by atoms with van der Waals surface area (Å²) in [4.78, 5) is 13.2. The molecule has 1 fully saturated rings. The van der Waals surface area contributed by atoms with Gasteiger partial charge in [0.15, 0.2) is 11.6 Å². The second-order valence-corrected chi connectivity index (χ2v) is 7.16. The molecule has 0 unspecified atom stereocenters. The molecule has 7 heteroatoms. The minimum atomic E-state index is 0.241. The van der Waals surface area contributed by atoms with Crippen LogP contribution in [-0.2, 0) is 6.54 Å². The summed E-state index contributed by atoms with van der Waals surface area (Å²) in [7, 11) is 0. The number of rotatable bonds is 5. The van der Waals surface area contributed by atoms with Crippen molar-refractivity contribution in [2.45, 2.75) is 6.54 Å². The van der Waals surface area contributed by atoms with Crippen LogP contribution in [0.25, 0.3) is 0 Å². The lowest BCUT2D eigenvalue weighted by Gasteiger charge is -2.35. The molecule has 6 nitrogen and oxygen atoms in total. The maximum absolute atomic E-state index is 6.00. The van der Waals surface area contributed by atoms with E-state index in [9.17, 15) is 0 Å². The van der Waals surface area contributed by atoms with E-state index in [1.54, 1.807) is 18.3 Å². The van der Waals surface area contributed by atoms with E-state index in [1.165, 1.54) is 5.56 Å². The molecule has 1 aliphatic heterocycles. The van der Waals surface area contributed by atoms with Crippen LogP contribution in [0.2, 0.25) is 5.02 Å². The molecule has 1 aromatic heterocycles. The third-order valence-corrected chi connectivity index (χ3v) is 4.97. The Morgan fingerprint density at radius 1 is 0.964 bits per heavy atom. The lowest BCUT2D eigenvalue weighted by atomic mass is 10.2. The van der Waals surface area contributed by atoms with Crippen molar-refractivity contribution in [3.63, 3.8) is 0 Å². The standard InChI is InChI=1S/C21H22ClN5O/c22-17-6-8-18(9-7-17)28-19-14-24-21(23)25-20(19)27-12-10-26(11-13-27)15-16-4-2-1-3-5-16/h1-9,14H,10-13,15H2,(H2,23,24,25). The molecule has 4 rings (SSSR count). The van der Waals surface area contributed by atoms with Gasteiger partial charge in [0.05, 0.1) is 6.20 Å². The number of nitrogens with two attached hydrogens (primary N) is 1. The van der Waals surface area contributed by atoms with Crippen molar-refractivity contribution in [3.8, 4) is 11.5 Å². The highest BCUT2D eigenvalue weighted by molar-refractivity contribution is 6.30. The van der Waals surface area contributed by atoms with Crippen LogP contribution in [0.4, 0.5) is 11.8 Å². The summed E-state index contributed by atoms with van der Waals surface area (Å²) in [6.45, 7) is 4.54. The van der Waals surface area contributed by atoms with Crippen molar-refractivity contribution in [1.82, 2.24) is 14.9 Å². The van der Waals surface area contributed by atoms with E-state index in [2.05, 4.69) is 44.0 Å². The molecule has 2 aromatic carbocycles. The first-order valence-corrected chi connectivity index (χ1v) is 9.62. The van der Waals surface area contributed by atoms with Gasteiger partial charge in [-0.1, -0.05) is 41.9 Å². The summed E-state index contributed by atoms with van der Waals surface area (Å²) in [5.41, 5.74) is 7.17. The van der Waals surface area contributed by atoms with Gasteiger partial charge in [-0.05, 0) is 29.8 Å². The van der Waals surface area contributed by atoms with Gasteiger partial charge in [0.25, 0.3) is 0 Å². The van der Waals surface area contributed by atoms with Gasteiger partial charge in [-0.3, -0.25) is 4.90 Å². The van der Waals surface area contributed by atoms with Crippen molar-refractivity contribution in [1.29, 1.82) is 0 Å². The van der Waals surface area contributed by atoms with E-state index < -0.39 is 0 Å². The number of benzene rings is 2. The minimum Gasteiger partial charge on any atom is -0.452 e. The predicted octanol–water partition coefficient (Wildman–Crippen LogP) is 3.83. The monoisotopic (exact) mass is 395 g/mol. The third-order valence-electron chi connectivity index (χ3n) is 4.72. The van der Waals surface area contributed by atoms with Crippen molar-refractivity contribution in [2.75, 3.05) is 36.8 Å². The molecular weight excluding hydrogens is 374 g/mol. The number of ether oxygens (including phenoxy) is 1. The van der Waals surface area contributed by atoms with Gasteiger partial charge in [-0.15, -0.1) is 0 Å². The fourth-order valence-electron chi connectivity index (χ4n) is 3.26. The highest BCUT2D eigenvalue weighted by Crippen LogP contribution is 2.31. The summed E-state index contributed by atoms with van der Waals surface area (Å²) in [5, 5.41) is 0.663. The summed E-state index contributed by atoms with van der Waals surface area (Å²) in [6, 6.07) is 17.7. The number of hydrogen-bond acceptors (Lipinski definition) is 6. The Balaban J connectivity index is 1.45. The number of aromatic nitrogens is 2. The zero-order valence-corrected chi connectivity index (χ0v) is 16.2. The summed E-state index contributed by atoms with van der Waals surface area (Å²) < 4.78 is 6.00. The molecule has 2 N–H and O–H groups in total. The molecule has 0 spiro atoms. The topological polar surface area (TPSA) is 67.5 Å². The Labute approximate surface area is 169 Å². The van der Waals surface area contributed by atoms with Crippen molar-refractivity contribution >= 4 is 23.4 Å². The number of hydrogen-bond donors (Lipinski definition) is 1. The molecule has 1 saturated heterocycles. The van der Waals surface area contributed by atoms with Gasteiger partial charge in [-0.25, -0.2) is 4.98 Å². The Morgan fingerprint density at radius 2 is 1.68 bits per heavy atom. The number of piperazine rings is 1. The van der Waals surface area contributed by atoms with Gasteiger partial charge in [0.1, 0.15) is 5.75 Å². The maximum atomic E-state index is 6.00. The Morgan fingerprint density at radius 3 is 2.39 bits per heavy atom. The van der Waals surface area contributed by atoms with Crippen LogP contribution in [0.5, 0.6) is 11.5 Å². The van der Waals surface area contributed by atoms with Crippen LogP contribution < -0.4 is 15.4 Å². The minimum absolute atomic E-state index is 0.241. The number of nitrogens with zero attached hydrogens (tertiary/aromatic N) is 4. The molecule has 0 saturated carbocycles. The number of halogens is 1. The number of nitrogen functional groups attached to an aromatic ring is 1. The smallest absolute Gasteiger partial charge is 0.222 e. The van der Waals surface area contributed by atoms with E-state index >= 15 is 0 Å². The van der Waals surface area contributed by atoms with Crippen LogP contribution in [0.1, 0.15) is 5.56 Å². The average Bonchev–Trinajstić information content (AvgIpc) is 2.72.